The molecular weight excluding hydrogens is 398 g/mol. The van der Waals surface area contributed by atoms with Gasteiger partial charge < -0.3 is 15.3 Å². The minimum Gasteiger partial charge on any atom is -0.475 e. The van der Waals surface area contributed by atoms with E-state index in [4.69, 9.17) is 9.90 Å². The van der Waals surface area contributed by atoms with Crippen LogP contribution in [0.1, 0.15) is 5.82 Å². The zero-order valence-electron chi connectivity index (χ0n) is 14.0. The Labute approximate surface area is 153 Å². The summed E-state index contributed by atoms with van der Waals surface area (Å²) >= 11 is 0. The zero-order valence-corrected chi connectivity index (χ0v) is 14.0. The summed E-state index contributed by atoms with van der Waals surface area (Å²) in [5.74, 6) is -2.20. The van der Waals surface area contributed by atoms with Crippen LogP contribution in [0, 0.1) is 11.8 Å². The number of hydrogen-bond acceptors (Lipinski definition) is 6. The van der Waals surface area contributed by atoms with Gasteiger partial charge in [-0.3, -0.25) is 0 Å². The summed E-state index contributed by atoms with van der Waals surface area (Å²) in [4.78, 5) is 10.9. The highest BCUT2D eigenvalue weighted by Gasteiger charge is 2.39. The van der Waals surface area contributed by atoms with Gasteiger partial charge in [0.2, 0.25) is 0 Å². The molecule has 0 radical (unpaired) electrons. The molecule has 2 aliphatic heterocycles. The van der Waals surface area contributed by atoms with Crippen LogP contribution in [0.3, 0.4) is 0 Å². The van der Waals surface area contributed by atoms with Crippen LogP contribution in [0.2, 0.25) is 0 Å². The van der Waals surface area contributed by atoms with Crippen molar-refractivity contribution in [2.24, 2.45) is 11.8 Å². The number of anilines is 1. The number of fused-ring (bicyclic) bond motifs is 2. The lowest BCUT2D eigenvalue weighted by Crippen LogP contribution is -2.27. The molecule has 2 atom stereocenters. The predicted molar refractivity (Wildman–Crippen MR) is 81.5 cm³/mol. The lowest BCUT2D eigenvalue weighted by Gasteiger charge is -2.18. The van der Waals surface area contributed by atoms with Gasteiger partial charge in [0, 0.05) is 26.2 Å². The van der Waals surface area contributed by atoms with Crippen LogP contribution in [0.25, 0.3) is 5.65 Å². The molecule has 28 heavy (non-hydrogen) atoms. The Bertz CT molecular complexity index is 854. The van der Waals surface area contributed by atoms with E-state index in [9.17, 15) is 26.3 Å². The second kappa shape index (κ2) is 7.07. The molecule has 2 fully saturated rings. The Morgan fingerprint density at radius 2 is 1.64 bits per heavy atom. The highest BCUT2D eigenvalue weighted by atomic mass is 19.4. The number of alkyl halides is 6. The van der Waals surface area contributed by atoms with Crippen molar-refractivity contribution in [2.75, 3.05) is 31.1 Å². The van der Waals surface area contributed by atoms with Crippen molar-refractivity contribution < 1.29 is 36.2 Å². The lowest BCUT2D eigenvalue weighted by molar-refractivity contribution is -0.192. The third kappa shape index (κ3) is 4.10. The molecule has 0 spiro atoms. The number of rotatable bonds is 1. The average Bonchev–Trinajstić information content (AvgIpc) is 3.27. The maximum atomic E-state index is 12.9. The van der Waals surface area contributed by atoms with E-state index in [0.717, 1.165) is 30.7 Å². The number of carboxylic acids is 1. The monoisotopic (exact) mass is 412 g/mol. The molecule has 0 saturated carbocycles. The number of halogens is 6. The van der Waals surface area contributed by atoms with Gasteiger partial charge in [0.05, 0.1) is 0 Å². The normalized spacial score (nSPS) is 22.1. The van der Waals surface area contributed by atoms with E-state index in [1.54, 1.807) is 6.07 Å². The number of aromatic nitrogens is 4. The van der Waals surface area contributed by atoms with E-state index in [1.807, 2.05) is 4.90 Å². The van der Waals surface area contributed by atoms with Gasteiger partial charge in [-0.1, -0.05) is 0 Å². The first-order valence-corrected chi connectivity index (χ1v) is 8.02. The molecule has 2 N–H and O–H groups in total. The summed E-state index contributed by atoms with van der Waals surface area (Å²) in [6, 6.07) is 3.23. The summed E-state index contributed by atoms with van der Waals surface area (Å²) < 4.78 is 71.1. The molecule has 154 valence electrons. The van der Waals surface area contributed by atoms with Gasteiger partial charge in [0.15, 0.2) is 5.65 Å². The standard InChI is InChI=1S/C12H13F3N6.C2HF3O2/c13-12(14,15)11-18-17-9-1-2-10(19-21(9)11)20-5-7-3-16-4-8(7)6-20;3-2(4,5)1(6)7/h1-2,7-8,16H,3-6H2;(H,6,7). The number of hydrogen-bond donors (Lipinski definition) is 2. The third-order valence-electron chi connectivity index (χ3n) is 4.46. The average molecular weight is 412 g/mol. The summed E-state index contributed by atoms with van der Waals surface area (Å²) in [6.07, 6.45) is -9.64. The molecule has 0 aromatic carbocycles. The molecule has 0 aliphatic carbocycles. The largest absolute Gasteiger partial charge is 0.490 e. The van der Waals surface area contributed by atoms with Crippen LogP contribution in [0.4, 0.5) is 32.2 Å². The van der Waals surface area contributed by atoms with Crippen LogP contribution in [0.5, 0.6) is 0 Å². The quantitative estimate of drug-likeness (QED) is 0.685. The number of aliphatic carboxylic acids is 1. The molecule has 14 heteroatoms. The second-order valence-corrected chi connectivity index (χ2v) is 6.37. The lowest BCUT2D eigenvalue weighted by atomic mass is 10.0. The molecule has 4 heterocycles. The number of carboxylic acid groups (broad SMARTS) is 1. The van der Waals surface area contributed by atoms with Gasteiger partial charge in [-0.25, -0.2) is 4.79 Å². The van der Waals surface area contributed by atoms with Crippen molar-refractivity contribution in [1.82, 2.24) is 25.1 Å². The van der Waals surface area contributed by atoms with Gasteiger partial charge in [0.25, 0.3) is 5.82 Å². The second-order valence-electron chi connectivity index (χ2n) is 6.37. The first-order chi connectivity index (χ1) is 13.0. The van der Waals surface area contributed by atoms with E-state index in [0.29, 0.717) is 17.7 Å². The minimum absolute atomic E-state index is 0.104. The molecule has 2 aromatic rings. The number of nitrogens with zero attached hydrogens (tertiary/aromatic N) is 5. The molecule has 0 bridgehead atoms. The maximum Gasteiger partial charge on any atom is 0.490 e. The Kier molecular flexibility index (Phi) is 5.08. The van der Waals surface area contributed by atoms with E-state index >= 15 is 0 Å². The first-order valence-electron chi connectivity index (χ1n) is 8.02. The molecule has 2 unspecified atom stereocenters. The van der Waals surface area contributed by atoms with Crippen molar-refractivity contribution in [3.05, 3.63) is 18.0 Å². The summed E-state index contributed by atoms with van der Waals surface area (Å²) in [6.45, 7) is 3.56. The van der Waals surface area contributed by atoms with E-state index in [1.165, 1.54) is 6.07 Å². The van der Waals surface area contributed by atoms with Crippen molar-refractivity contribution in [3.63, 3.8) is 0 Å². The van der Waals surface area contributed by atoms with Crippen molar-refractivity contribution in [2.45, 2.75) is 12.4 Å². The van der Waals surface area contributed by atoms with E-state index in [2.05, 4.69) is 20.6 Å². The number of carbonyl (C=O) groups is 1. The topological polar surface area (TPSA) is 95.7 Å². The molecule has 4 rings (SSSR count). The fourth-order valence-electron chi connectivity index (χ4n) is 3.17. The Morgan fingerprint density at radius 3 is 2.14 bits per heavy atom. The highest BCUT2D eigenvalue weighted by Crippen LogP contribution is 2.31. The van der Waals surface area contributed by atoms with Gasteiger partial charge in [-0.2, -0.15) is 30.9 Å². The van der Waals surface area contributed by atoms with Crippen LogP contribution in [0.15, 0.2) is 12.1 Å². The summed E-state index contributed by atoms with van der Waals surface area (Å²) in [7, 11) is 0. The summed E-state index contributed by atoms with van der Waals surface area (Å²) in [5, 5.41) is 21.2. The maximum absolute atomic E-state index is 12.9. The van der Waals surface area contributed by atoms with Crippen LogP contribution < -0.4 is 10.2 Å². The first kappa shape index (κ1) is 20.1. The Hall–Kier alpha value is -2.64. The predicted octanol–water partition coefficient (Wildman–Crippen LogP) is 1.43. The minimum atomic E-state index is -5.08. The smallest absolute Gasteiger partial charge is 0.475 e. The van der Waals surface area contributed by atoms with Crippen molar-refractivity contribution in [3.8, 4) is 0 Å². The molecule has 8 nitrogen and oxygen atoms in total. The zero-order chi connectivity index (χ0) is 20.7. The van der Waals surface area contributed by atoms with Crippen LogP contribution in [-0.4, -0.2) is 63.2 Å². The van der Waals surface area contributed by atoms with Gasteiger partial charge in [0.1, 0.15) is 5.82 Å². The van der Waals surface area contributed by atoms with Crippen molar-refractivity contribution >= 4 is 17.4 Å². The van der Waals surface area contributed by atoms with Crippen molar-refractivity contribution in [1.29, 1.82) is 0 Å². The fraction of sp³-hybridized carbons (Fsp3) is 0.571. The molecule has 2 aliphatic rings. The van der Waals surface area contributed by atoms with Crippen LogP contribution >= 0.6 is 0 Å². The van der Waals surface area contributed by atoms with Gasteiger partial charge >= 0.3 is 18.3 Å². The molecule has 0 amide bonds. The molecular formula is C14H14F6N6O2. The van der Waals surface area contributed by atoms with Gasteiger partial charge in [-0.05, 0) is 24.0 Å². The van der Waals surface area contributed by atoms with Crippen LogP contribution in [-0.2, 0) is 11.0 Å². The van der Waals surface area contributed by atoms with E-state index < -0.39 is 24.1 Å². The van der Waals surface area contributed by atoms with Gasteiger partial charge in [-0.15, -0.1) is 15.3 Å². The number of nitrogens with one attached hydrogen (secondary N) is 1. The fourth-order valence-corrected chi connectivity index (χ4v) is 3.17. The van der Waals surface area contributed by atoms with E-state index in [-0.39, 0.29) is 5.65 Å². The molecule has 2 aromatic heterocycles. The third-order valence-corrected chi connectivity index (χ3v) is 4.46. The molecule has 2 saturated heterocycles. The summed E-state index contributed by atoms with van der Waals surface area (Å²) in [5.41, 5.74) is 0.104. The Balaban J connectivity index is 0.000000279. The SMILES string of the molecule is FC(F)(F)c1nnc2ccc(N3CC4CNCC4C3)nn12.O=C(O)C(F)(F)F. The highest BCUT2D eigenvalue weighted by molar-refractivity contribution is 5.73. The Morgan fingerprint density at radius 1 is 1.07 bits per heavy atom.